The molecule has 0 amide bonds. The number of carbonyl (C=O) groups is 3. The van der Waals surface area contributed by atoms with E-state index in [4.69, 9.17) is 14.6 Å². The average molecular weight is 694 g/mol. The number of phenolic OH excluding ortho intramolecular Hbond substituents is 3. The van der Waals surface area contributed by atoms with E-state index < -0.39 is 145 Å². The summed E-state index contributed by atoms with van der Waals surface area (Å²) < 4.78 is 11.9. The summed E-state index contributed by atoms with van der Waals surface area (Å²) in [6.07, 6.45) is -13.7. The molecular formula is C32H39NO16. The Balaban J connectivity index is 1.48. The monoisotopic (exact) mass is 693 g/mol. The first-order valence-electron chi connectivity index (χ1n) is 15.5. The van der Waals surface area contributed by atoms with Gasteiger partial charge in [-0.25, -0.2) is 0 Å². The summed E-state index contributed by atoms with van der Waals surface area (Å²) in [5.74, 6) is -5.19. The van der Waals surface area contributed by atoms with E-state index in [1.807, 2.05) is 0 Å². The Morgan fingerprint density at radius 3 is 2.31 bits per heavy atom. The highest BCUT2D eigenvalue weighted by molar-refractivity contribution is 6.31. The number of ether oxygens (including phenoxy) is 2. The van der Waals surface area contributed by atoms with Crippen LogP contribution in [0.2, 0.25) is 0 Å². The van der Waals surface area contributed by atoms with Crippen LogP contribution in [0.4, 0.5) is 0 Å². The lowest BCUT2D eigenvalue weighted by atomic mass is 9.72. The van der Waals surface area contributed by atoms with Crippen molar-refractivity contribution in [2.75, 3.05) is 19.8 Å². The lowest BCUT2D eigenvalue weighted by Gasteiger charge is -2.43. The molecule has 0 spiro atoms. The highest BCUT2D eigenvalue weighted by atomic mass is 16.7. The summed E-state index contributed by atoms with van der Waals surface area (Å²) in [4.78, 5) is 39.9. The number of carbonyl (C=O) groups excluding carboxylic acids is 3. The van der Waals surface area contributed by atoms with Crippen molar-refractivity contribution in [2.45, 2.75) is 86.8 Å². The number of hydrogen-bond acceptors (Lipinski definition) is 17. The lowest BCUT2D eigenvalue weighted by Crippen LogP contribution is -2.57. The molecule has 1 aliphatic heterocycles. The lowest BCUT2D eigenvalue weighted by molar-refractivity contribution is -0.250. The molecule has 2 aromatic rings. The smallest absolute Gasteiger partial charge is 0.202 e. The van der Waals surface area contributed by atoms with E-state index in [0.29, 0.717) is 0 Å². The molecule has 10 atom stereocenters. The van der Waals surface area contributed by atoms with E-state index in [2.05, 4.69) is 5.32 Å². The predicted octanol–water partition coefficient (Wildman–Crippen LogP) is -3.23. The summed E-state index contributed by atoms with van der Waals surface area (Å²) >= 11 is 0. The number of ketones is 3. The van der Waals surface area contributed by atoms with Crippen molar-refractivity contribution in [3.8, 4) is 17.2 Å². The second-order valence-electron chi connectivity index (χ2n) is 12.6. The first-order valence-corrected chi connectivity index (χ1v) is 15.5. The highest BCUT2D eigenvalue weighted by Crippen LogP contribution is 2.52. The largest absolute Gasteiger partial charge is 0.507 e. The van der Waals surface area contributed by atoms with E-state index in [0.717, 1.165) is 6.07 Å². The molecule has 2 aromatic carbocycles. The quantitative estimate of drug-likeness (QED) is 0.0878. The van der Waals surface area contributed by atoms with Crippen LogP contribution >= 0.6 is 0 Å². The molecule has 12 N–H and O–H groups in total. The fourth-order valence-corrected chi connectivity index (χ4v) is 6.72. The number of Topliss-reactive ketones (excluding diaryl/α,β-unsaturated/α-hetero) is 1. The Morgan fingerprint density at radius 2 is 1.65 bits per heavy atom. The van der Waals surface area contributed by atoms with Gasteiger partial charge in [0.05, 0.1) is 47.7 Å². The van der Waals surface area contributed by atoms with Crippen molar-refractivity contribution in [2.24, 2.45) is 0 Å². The van der Waals surface area contributed by atoms with Gasteiger partial charge in [-0.1, -0.05) is 12.1 Å². The van der Waals surface area contributed by atoms with Crippen LogP contribution in [-0.4, -0.2) is 148 Å². The van der Waals surface area contributed by atoms with E-state index >= 15 is 0 Å². The number of aliphatic hydroxyl groups is 8. The molecular weight excluding hydrogens is 654 g/mol. The van der Waals surface area contributed by atoms with E-state index in [1.165, 1.54) is 19.1 Å². The van der Waals surface area contributed by atoms with Crippen molar-refractivity contribution >= 4 is 17.3 Å². The second-order valence-corrected chi connectivity index (χ2v) is 12.6. The van der Waals surface area contributed by atoms with Gasteiger partial charge in [0.2, 0.25) is 5.78 Å². The third-order valence-corrected chi connectivity index (χ3v) is 9.47. The van der Waals surface area contributed by atoms with E-state index in [1.54, 1.807) is 0 Å². The number of phenols is 3. The van der Waals surface area contributed by atoms with Gasteiger partial charge in [0.15, 0.2) is 17.9 Å². The van der Waals surface area contributed by atoms with Crippen LogP contribution in [0, 0.1) is 0 Å². The normalized spacial score (nSPS) is 29.0. The van der Waals surface area contributed by atoms with E-state index in [-0.39, 0.29) is 23.1 Å². The molecule has 49 heavy (non-hydrogen) atoms. The van der Waals surface area contributed by atoms with Crippen LogP contribution in [0.3, 0.4) is 0 Å². The maximum Gasteiger partial charge on any atom is 0.202 e. The molecule has 17 heteroatoms. The van der Waals surface area contributed by atoms with Crippen molar-refractivity contribution in [3.05, 3.63) is 51.6 Å². The van der Waals surface area contributed by atoms with Crippen LogP contribution in [0.5, 0.6) is 17.2 Å². The van der Waals surface area contributed by atoms with Crippen LogP contribution < -0.4 is 5.32 Å². The topological polar surface area (TPSA) is 304 Å². The van der Waals surface area contributed by atoms with Crippen LogP contribution in [0.1, 0.15) is 68.8 Å². The zero-order valence-corrected chi connectivity index (χ0v) is 26.1. The zero-order chi connectivity index (χ0) is 36.1. The number of aliphatic hydroxyl groups excluding tert-OH is 7. The van der Waals surface area contributed by atoms with Crippen molar-refractivity contribution < 1.29 is 80.0 Å². The fourth-order valence-electron chi connectivity index (χ4n) is 6.72. The summed E-state index contributed by atoms with van der Waals surface area (Å²) in [6, 6.07) is 2.78. The minimum Gasteiger partial charge on any atom is -0.507 e. The molecule has 0 unspecified atom stereocenters. The zero-order valence-electron chi connectivity index (χ0n) is 26.1. The Hall–Kier alpha value is -3.59. The summed E-state index contributed by atoms with van der Waals surface area (Å²) in [5.41, 5.74) is -4.90. The molecule has 0 bridgehead atoms. The number of rotatable bonds is 11. The molecule has 1 heterocycles. The summed E-state index contributed by atoms with van der Waals surface area (Å²) in [5, 5.41) is 117. The van der Waals surface area contributed by atoms with E-state index in [9.17, 15) is 65.4 Å². The van der Waals surface area contributed by atoms with Gasteiger partial charge in [0, 0.05) is 48.5 Å². The van der Waals surface area contributed by atoms with Gasteiger partial charge in [-0.05, 0) is 13.0 Å². The third-order valence-electron chi connectivity index (χ3n) is 9.47. The summed E-state index contributed by atoms with van der Waals surface area (Å²) in [7, 11) is 0. The molecule has 1 saturated heterocycles. The van der Waals surface area contributed by atoms with Gasteiger partial charge in [-0.15, -0.1) is 0 Å². The molecule has 2 aliphatic carbocycles. The van der Waals surface area contributed by atoms with Gasteiger partial charge < -0.3 is 71.0 Å². The summed E-state index contributed by atoms with van der Waals surface area (Å²) in [6.45, 7) is -0.962. The van der Waals surface area contributed by atoms with Crippen LogP contribution in [0.15, 0.2) is 18.2 Å². The molecule has 5 rings (SSSR count). The predicted molar refractivity (Wildman–Crippen MR) is 162 cm³/mol. The Bertz CT molecular complexity index is 1630. The van der Waals surface area contributed by atoms with Crippen molar-refractivity contribution in [1.29, 1.82) is 0 Å². The molecule has 268 valence electrons. The third kappa shape index (κ3) is 6.44. The maximum absolute atomic E-state index is 13.6. The van der Waals surface area contributed by atoms with Crippen LogP contribution in [0.25, 0.3) is 0 Å². The Kier molecular flexibility index (Phi) is 10.5. The average Bonchev–Trinajstić information content (AvgIpc) is 3.07. The molecule has 3 aliphatic rings. The highest BCUT2D eigenvalue weighted by Gasteiger charge is 2.50. The van der Waals surface area contributed by atoms with Crippen LogP contribution in [-0.2, 0) is 20.7 Å². The standard InChI is InChI=1S/C32H39NO16/c1-11-25(40)14(33-8-16(37)28(43)29(44)17(38)9-34)5-20(48-11)49-18-7-32(47,19(39)10-35)6-13-22(18)31(46)24-23(27(13)42)26(41)12-3-2-4-15(36)21(12)30(24)45/h2-4,11,14,16-18,20,25,28-29,33-38,40,42-44,46-47H,5-10H2,1H3/t11-,14-,16+,17-,18-,20-,25+,28-,29+,32-/m0/s1. The SMILES string of the molecule is C[C@@H]1O[C@@H](O[C@H]2C[C@](O)(C(=O)CO)Cc3c(O)c4c(c(O)c32)C(=O)c2c(O)cccc2C4=O)C[C@H](NC[C@@H](O)[C@H](O)[C@H](O)[C@@H](O)CO)[C@@H]1O. The second kappa shape index (κ2) is 14.0. The number of nitrogens with one attached hydrogen (secondary N) is 1. The number of fused-ring (bicyclic) bond motifs is 3. The first kappa shape index (κ1) is 36.7. The molecule has 17 nitrogen and oxygen atoms in total. The molecule has 0 saturated carbocycles. The van der Waals surface area contributed by atoms with Gasteiger partial charge in [0.1, 0.15) is 47.8 Å². The Labute approximate surface area is 278 Å². The van der Waals surface area contributed by atoms with Gasteiger partial charge >= 0.3 is 0 Å². The van der Waals surface area contributed by atoms with Gasteiger partial charge in [0.25, 0.3) is 0 Å². The minimum absolute atomic E-state index is 0.204. The number of hydrogen-bond donors (Lipinski definition) is 12. The molecule has 0 aromatic heterocycles. The van der Waals surface area contributed by atoms with Gasteiger partial charge in [-0.3, -0.25) is 14.4 Å². The van der Waals surface area contributed by atoms with Gasteiger partial charge in [-0.2, -0.15) is 0 Å². The molecule has 0 radical (unpaired) electrons. The fraction of sp³-hybridized carbons (Fsp3) is 0.531. The van der Waals surface area contributed by atoms with Crippen molar-refractivity contribution in [3.63, 3.8) is 0 Å². The maximum atomic E-state index is 13.6. The Morgan fingerprint density at radius 1 is 1.00 bits per heavy atom. The van der Waals surface area contributed by atoms with Crippen molar-refractivity contribution in [1.82, 2.24) is 5.32 Å². The first-order chi connectivity index (χ1) is 23.1. The minimum atomic E-state index is -2.39. The number of aromatic hydroxyl groups is 3. The number of benzene rings is 2. The molecule has 1 fully saturated rings.